The van der Waals surface area contributed by atoms with E-state index in [0.29, 0.717) is 25.2 Å². The van der Waals surface area contributed by atoms with Crippen LogP contribution in [-0.4, -0.2) is 17.8 Å². The summed E-state index contributed by atoms with van der Waals surface area (Å²) < 4.78 is 12.2. The Hall–Kier alpha value is -2.10. The molecule has 5 atom stereocenters. The molecule has 2 aliphatic heterocycles. The molecule has 0 spiro atoms. The maximum atomic E-state index is 10.2. The van der Waals surface area contributed by atoms with Crippen LogP contribution in [0.4, 0.5) is 0 Å². The number of nitrogens with one attached hydrogen (secondary N) is 1. The van der Waals surface area contributed by atoms with Crippen molar-refractivity contribution in [2.24, 2.45) is 22.7 Å². The highest BCUT2D eigenvalue weighted by atomic mass is 16.7. The van der Waals surface area contributed by atoms with Gasteiger partial charge in [0.05, 0.1) is 30.2 Å². The highest BCUT2D eigenvalue weighted by Crippen LogP contribution is 2.67. The molecule has 0 aromatic heterocycles. The van der Waals surface area contributed by atoms with Gasteiger partial charge in [0.25, 0.3) is 0 Å². The average molecular weight is 354 g/mol. The van der Waals surface area contributed by atoms with Crippen LogP contribution < -0.4 is 0 Å². The van der Waals surface area contributed by atoms with Crippen LogP contribution >= 0.6 is 0 Å². The molecule has 1 saturated carbocycles. The minimum atomic E-state index is -1.70. The first-order valence-electron chi connectivity index (χ1n) is 9.69. The second-order valence-corrected chi connectivity index (χ2v) is 7.90. The van der Waals surface area contributed by atoms with Gasteiger partial charge in [-0.05, 0) is 25.2 Å². The van der Waals surface area contributed by atoms with Gasteiger partial charge in [0.15, 0.2) is 10.8 Å². The van der Waals surface area contributed by atoms with Gasteiger partial charge < -0.3 is 9.47 Å². The van der Waals surface area contributed by atoms with Crippen molar-refractivity contribution in [2.75, 3.05) is 0 Å². The quantitative estimate of drug-likeness (QED) is 0.748. The minimum Gasteiger partial charge on any atom is -0.447 e. The monoisotopic (exact) mass is 354 g/mol. The van der Waals surface area contributed by atoms with Crippen LogP contribution in [-0.2, 0) is 9.47 Å². The molecule has 3 aliphatic rings. The predicted molar refractivity (Wildman–Crippen MR) is 93.4 cm³/mol. The largest absolute Gasteiger partial charge is 0.447 e. The minimum absolute atomic E-state index is 0.247. The molecule has 0 radical (unpaired) electrons. The zero-order valence-corrected chi connectivity index (χ0v) is 15.5. The lowest BCUT2D eigenvalue weighted by Crippen LogP contribution is -2.64. The molecular weight excluding hydrogens is 328 g/mol. The van der Waals surface area contributed by atoms with E-state index in [1.54, 1.807) is 0 Å². The van der Waals surface area contributed by atoms with E-state index in [2.05, 4.69) is 32.1 Å². The molecule has 6 nitrogen and oxygen atoms in total. The van der Waals surface area contributed by atoms with Crippen LogP contribution in [0.5, 0.6) is 0 Å². The zero-order valence-electron chi connectivity index (χ0n) is 15.5. The Balaban J connectivity index is 2.12. The number of ether oxygens (including phenoxy) is 2. The number of rotatable bonds is 5. The Kier molecular flexibility index (Phi) is 4.72. The van der Waals surface area contributed by atoms with E-state index in [9.17, 15) is 15.8 Å². The molecule has 0 aromatic carbocycles. The first-order valence-corrected chi connectivity index (χ1v) is 9.69. The molecular formula is C20H26N4O2. The molecule has 5 unspecified atom stereocenters. The van der Waals surface area contributed by atoms with Crippen molar-refractivity contribution in [1.29, 1.82) is 21.2 Å². The van der Waals surface area contributed by atoms with E-state index in [4.69, 9.17) is 14.9 Å². The van der Waals surface area contributed by atoms with Gasteiger partial charge in [0.1, 0.15) is 0 Å². The molecule has 1 aliphatic carbocycles. The lowest BCUT2D eigenvalue weighted by atomic mass is 9.51. The van der Waals surface area contributed by atoms with Crippen LogP contribution in [0, 0.1) is 62.1 Å². The summed E-state index contributed by atoms with van der Waals surface area (Å²) in [5.74, 6) is -1.31. The Morgan fingerprint density at radius 3 is 2.46 bits per heavy atom. The van der Waals surface area contributed by atoms with Crippen LogP contribution in [0.15, 0.2) is 0 Å². The van der Waals surface area contributed by atoms with Crippen molar-refractivity contribution in [1.82, 2.24) is 0 Å². The molecule has 26 heavy (non-hydrogen) atoms. The molecule has 3 rings (SSSR count). The summed E-state index contributed by atoms with van der Waals surface area (Å²) in [6, 6.07) is 6.49. The summed E-state index contributed by atoms with van der Waals surface area (Å²) in [6.07, 6.45) is 5.77. The second kappa shape index (κ2) is 6.57. The summed E-state index contributed by atoms with van der Waals surface area (Å²) in [4.78, 5) is 0. The van der Waals surface area contributed by atoms with E-state index >= 15 is 0 Å². The summed E-state index contributed by atoms with van der Waals surface area (Å²) in [5, 5.41) is 38.8. The fourth-order valence-electron chi connectivity index (χ4n) is 5.24. The Morgan fingerprint density at radius 2 is 1.88 bits per heavy atom. The smallest absolute Gasteiger partial charge is 0.217 e. The maximum Gasteiger partial charge on any atom is 0.217 e. The van der Waals surface area contributed by atoms with Gasteiger partial charge in [-0.3, -0.25) is 5.41 Å². The standard InChI is InChI=1S/C20H26N4O2/c1-3-5-6-7-16-18(11-21,12-22)19(13-23)15-10-14(4-2)8-9-20(15,25-16)26-17(19)24/h14-16,24H,3-10H2,1-2H3. The normalized spacial score (nSPS) is 39.8. The van der Waals surface area contributed by atoms with Crippen LogP contribution in [0.25, 0.3) is 0 Å². The Morgan fingerprint density at radius 1 is 1.15 bits per heavy atom. The highest BCUT2D eigenvalue weighted by Gasteiger charge is 2.80. The van der Waals surface area contributed by atoms with Gasteiger partial charge in [-0.15, -0.1) is 0 Å². The van der Waals surface area contributed by atoms with Crippen molar-refractivity contribution >= 4 is 5.90 Å². The predicted octanol–water partition coefficient (Wildman–Crippen LogP) is 4.04. The second-order valence-electron chi connectivity index (χ2n) is 7.90. The molecule has 3 fully saturated rings. The third-order valence-corrected chi connectivity index (χ3v) is 6.78. The van der Waals surface area contributed by atoms with Gasteiger partial charge in [0.2, 0.25) is 11.7 Å². The maximum absolute atomic E-state index is 10.2. The fraction of sp³-hybridized carbons (Fsp3) is 0.800. The summed E-state index contributed by atoms with van der Waals surface area (Å²) >= 11 is 0. The molecule has 2 heterocycles. The van der Waals surface area contributed by atoms with Crippen LogP contribution in [0.3, 0.4) is 0 Å². The molecule has 2 saturated heterocycles. The van der Waals surface area contributed by atoms with Crippen molar-refractivity contribution in [3.63, 3.8) is 0 Å². The van der Waals surface area contributed by atoms with Crippen molar-refractivity contribution in [3.05, 3.63) is 0 Å². The highest BCUT2D eigenvalue weighted by molar-refractivity contribution is 5.89. The van der Waals surface area contributed by atoms with Gasteiger partial charge in [-0.1, -0.05) is 39.5 Å². The lowest BCUT2D eigenvalue weighted by molar-refractivity contribution is -0.297. The molecule has 6 heteroatoms. The summed E-state index contributed by atoms with van der Waals surface area (Å²) in [6.45, 7) is 4.19. The van der Waals surface area contributed by atoms with Gasteiger partial charge >= 0.3 is 0 Å². The third kappa shape index (κ3) is 2.14. The van der Waals surface area contributed by atoms with Gasteiger partial charge in [-0.25, -0.2) is 0 Å². The summed E-state index contributed by atoms with van der Waals surface area (Å²) in [7, 11) is 0. The van der Waals surface area contributed by atoms with E-state index in [0.717, 1.165) is 32.1 Å². The number of nitrogens with zero attached hydrogens (tertiary/aromatic N) is 3. The molecule has 0 aromatic rings. The van der Waals surface area contributed by atoms with Crippen molar-refractivity contribution in [2.45, 2.75) is 77.1 Å². The fourth-order valence-corrected chi connectivity index (χ4v) is 5.24. The van der Waals surface area contributed by atoms with Crippen LogP contribution in [0.1, 0.15) is 65.2 Å². The average Bonchev–Trinajstić information content (AvgIpc) is 2.86. The first-order chi connectivity index (χ1) is 12.5. The topological polar surface area (TPSA) is 114 Å². The molecule has 0 amide bonds. The first kappa shape index (κ1) is 18.7. The lowest BCUT2D eigenvalue weighted by Gasteiger charge is -2.52. The van der Waals surface area contributed by atoms with Gasteiger partial charge in [-0.2, -0.15) is 15.8 Å². The number of hydrogen-bond donors (Lipinski definition) is 1. The van der Waals surface area contributed by atoms with E-state index in [1.807, 2.05) is 0 Å². The Bertz CT molecular complexity index is 701. The summed E-state index contributed by atoms with van der Waals surface area (Å²) in [5.41, 5.74) is -3.24. The molecule has 1 N–H and O–H groups in total. The number of hydrogen-bond acceptors (Lipinski definition) is 6. The Labute approximate surface area is 155 Å². The van der Waals surface area contributed by atoms with E-state index in [-0.39, 0.29) is 5.90 Å². The molecule has 138 valence electrons. The molecule has 2 bridgehead atoms. The van der Waals surface area contributed by atoms with Crippen molar-refractivity contribution < 1.29 is 9.47 Å². The van der Waals surface area contributed by atoms with Gasteiger partial charge in [0, 0.05) is 6.42 Å². The SMILES string of the molecule is CCCCCC1OC23CCC(CC)CC2C(C#N)(C(=N)O3)C1(C#N)C#N. The van der Waals surface area contributed by atoms with Crippen LogP contribution in [0.2, 0.25) is 0 Å². The van der Waals surface area contributed by atoms with E-state index in [1.165, 1.54) is 0 Å². The zero-order chi connectivity index (χ0) is 19.0. The van der Waals surface area contributed by atoms with E-state index < -0.39 is 28.6 Å². The number of nitriles is 3. The number of unbranched alkanes of at least 4 members (excludes halogenated alkanes) is 2. The third-order valence-electron chi connectivity index (χ3n) is 6.78. The van der Waals surface area contributed by atoms with Crippen molar-refractivity contribution in [3.8, 4) is 18.2 Å².